The molecule has 1 amide bonds. The van der Waals surface area contributed by atoms with Crippen LogP contribution in [0.15, 0.2) is 54.2 Å². The number of aromatic nitrogens is 1. The highest BCUT2D eigenvalue weighted by molar-refractivity contribution is 6.46. The Hall–Kier alpha value is -3.38. The van der Waals surface area contributed by atoms with Gasteiger partial charge in [-0.25, -0.2) is 0 Å². The minimum absolute atomic E-state index is 0.0932. The average molecular weight is 444 g/mol. The van der Waals surface area contributed by atoms with E-state index in [0.29, 0.717) is 18.7 Å². The second-order valence-electron chi connectivity index (χ2n) is 9.28. The third-order valence-electron chi connectivity index (χ3n) is 6.87. The summed E-state index contributed by atoms with van der Waals surface area (Å²) in [6.07, 6.45) is 6.17. The number of nitrogens with zero attached hydrogens (tertiary/aromatic N) is 2. The number of fused-ring (bicyclic) bond motifs is 2. The molecule has 2 aromatic carbocycles. The third kappa shape index (κ3) is 3.74. The van der Waals surface area contributed by atoms with Crippen molar-refractivity contribution in [3.63, 3.8) is 0 Å². The first-order valence-corrected chi connectivity index (χ1v) is 11.6. The summed E-state index contributed by atoms with van der Waals surface area (Å²) >= 11 is 0. The zero-order chi connectivity index (χ0) is 23.1. The van der Waals surface area contributed by atoms with Crippen molar-refractivity contribution in [2.45, 2.75) is 31.7 Å². The number of carbonyl (C=O) groups is 2. The van der Waals surface area contributed by atoms with Gasteiger partial charge in [-0.2, -0.15) is 0 Å². The lowest BCUT2D eigenvalue weighted by Gasteiger charge is -2.26. The van der Waals surface area contributed by atoms with E-state index < -0.39 is 17.7 Å². The molecule has 2 heterocycles. The van der Waals surface area contributed by atoms with Crippen LogP contribution in [0.1, 0.15) is 41.1 Å². The summed E-state index contributed by atoms with van der Waals surface area (Å²) in [7, 11) is 3.87. The number of aliphatic hydroxyl groups is 1. The maximum atomic E-state index is 13.3. The van der Waals surface area contributed by atoms with E-state index in [-0.39, 0.29) is 11.3 Å². The van der Waals surface area contributed by atoms with E-state index in [9.17, 15) is 14.7 Å². The van der Waals surface area contributed by atoms with Crippen molar-refractivity contribution in [1.82, 2.24) is 14.8 Å². The van der Waals surface area contributed by atoms with Crippen molar-refractivity contribution >= 4 is 28.4 Å². The maximum absolute atomic E-state index is 13.3. The molecule has 0 bridgehead atoms. The fraction of sp³-hybridized carbons (Fsp3) is 0.333. The van der Waals surface area contributed by atoms with Gasteiger partial charge in [0.25, 0.3) is 11.7 Å². The van der Waals surface area contributed by atoms with E-state index in [1.54, 1.807) is 4.90 Å². The molecule has 1 unspecified atom stereocenters. The highest BCUT2D eigenvalue weighted by atomic mass is 16.3. The summed E-state index contributed by atoms with van der Waals surface area (Å²) < 4.78 is 0. The SMILES string of the molecule is CN(C)CCN1C(=O)C(=O)/C(=C(/O)c2ccc3c(c2)CCCC3)C1c1c[nH]c2ccccc12. The minimum atomic E-state index is -0.642. The van der Waals surface area contributed by atoms with Gasteiger partial charge in [0.15, 0.2) is 0 Å². The molecule has 1 atom stereocenters. The van der Waals surface area contributed by atoms with Crippen LogP contribution in [0.25, 0.3) is 16.7 Å². The minimum Gasteiger partial charge on any atom is -0.507 e. The molecule has 1 aliphatic heterocycles. The molecule has 170 valence electrons. The zero-order valence-electron chi connectivity index (χ0n) is 19.1. The van der Waals surface area contributed by atoms with Gasteiger partial charge in [-0.05, 0) is 63.0 Å². The second-order valence-corrected chi connectivity index (χ2v) is 9.28. The van der Waals surface area contributed by atoms with Crippen LogP contribution in [-0.4, -0.2) is 58.8 Å². The molecule has 2 aliphatic rings. The van der Waals surface area contributed by atoms with Gasteiger partial charge in [0.2, 0.25) is 0 Å². The number of rotatable bonds is 5. The number of benzene rings is 2. The number of likely N-dealkylation sites (N-methyl/N-ethyl adjacent to an activating group) is 1. The first kappa shape index (κ1) is 21.5. The first-order chi connectivity index (χ1) is 16.0. The molecule has 0 spiro atoms. The predicted molar refractivity (Wildman–Crippen MR) is 129 cm³/mol. The molecule has 1 aliphatic carbocycles. The van der Waals surface area contributed by atoms with Gasteiger partial charge in [-0.3, -0.25) is 9.59 Å². The number of aromatic amines is 1. The first-order valence-electron chi connectivity index (χ1n) is 11.6. The average Bonchev–Trinajstić information content (AvgIpc) is 3.35. The van der Waals surface area contributed by atoms with Gasteiger partial charge >= 0.3 is 0 Å². The largest absolute Gasteiger partial charge is 0.507 e. The Morgan fingerprint density at radius 2 is 1.85 bits per heavy atom. The van der Waals surface area contributed by atoms with Crippen LogP contribution >= 0.6 is 0 Å². The number of H-pyrrole nitrogens is 1. The molecule has 1 saturated heterocycles. The molecule has 0 radical (unpaired) electrons. The van der Waals surface area contributed by atoms with Crippen LogP contribution in [0.4, 0.5) is 0 Å². The van der Waals surface area contributed by atoms with Crippen LogP contribution in [-0.2, 0) is 22.4 Å². The highest BCUT2D eigenvalue weighted by Gasteiger charge is 2.46. The number of amides is 1. The monoisotopic (exact) mass is 443 g/mol. The molecule has 6 nitrogen and oxygen atoms in total. The Kier molecular flexibility index (Phi) is 5.54. The normalized spacial score (nSPS) is 20.1. The molecule has 6 heteroatoms. The Morgan fingerprint density at radius 3 is 2.64 bits per heavy atom. The number of nitrogens with one attached hydrogen (secondary N) is 1. The number of Topliss-reactive ketones (excluding diaryl/α,β-unsaturated/α-hetero) is 1. The number of aryl methyl sites for hydroxylation is 2. The van der Waals surface area contributed by atoms with E-state index in [1.807, 2.05) is 67.7 Å². The Morgan fingerprint density at radius 1 is 1.09 bits per heavy atom. The van der Waals surface area contributed by atoms with E-state index in [4.69, 9.17) is 0 Å². The molecule has 5 rings (SSSR count). The van der Waals surface area contributed by atoms with Gasteiger partial charge in [0.1, 0.15) is 5.76 Å². The number of carbonyl (C=O) groups excluding carboxylic acids is 2. The van der Waals surface area contributed by atoms with Crippen LogP contribution in [0.5, 0.6) is 0 Å². The van der Waals surface area contributed by atoms with Crippen LogP contribution in [0, 0.1) is 0 Å². The Balaban J connectivity index is 1.66. The molecule has 3 aromatic rings. The molecular weight excluding hydrogens is 414 g/mol. The van der Waals surface area contributed by atoms with E-state index in [1.165, 1.54) is 17.5 Å². The van der Waals surface area contributed by atoms with Crippen molar-refractivity contribution in [3.05, 3.63) is 76.5 Å². The lowest BCUT2D eigenvalue weighted by molar-refractivity contribution is -0.140. The lowest BCUT2D eigenvalue weighted by atomic mass is 9.88. The molecule has 1 aromatic heterocycles. The van der Waals surface area contributed by atoms with E-state index >= 15 is 0 Å². The van der Waals surface area contributed by atoms with Gasteiger partial charge in [0, 0.05) is 41.3 Å². The number of aliphatic hydroxyl groups excluding tert-OH is 1. The second kappa shape index (κ2) is 8.52. The topological polar surface area (TPSA) is 76.6 Å². The summed E-state index contributed by atoms with van der Waals surface area (Å²) in [5.41, 5.74) is 5.04. The molecule has 2 N–H and O–H groups in total. The number of hydrogen-bond donors (Lipinski definition) is 2. The zero-order valence-corrected chi connectivity index (χ0v) is 19.1. The summed E-state index contributed by atoms with van der Waals surface area (Å²) in [4.78, 5) is 33.3. The third-order valence-corrected chi connectivity index (χ3v) is 6.87. The number of ketones is 1. The number of para-hydroxylation sites is 1. The van der Waals surface area contributed by atoms with Crippen molar-refractivity contribution < 1.29 is 14.7 Å². The van der Waals surface area contributed by atoms with E-state index in [0.717, 1.165) is 35.7 Å². The van der Waals surface area contributed by atoms with Crippen molar-refractivity contribution in [3.8, 4) is 0 Å². The fourth-order valence-electron chi connectivity index (χ4n) is 5.10. The van der Waals surface area contributed by atoms with Crippen LogP contribution < -0.4 is 0 Å². The summed E-state index contributed by atoms with van der Waals surface area (Å²) in [5.74, 6) is -1.28. The standard InChI is InChI=1S/C27H29N3O3/c1-29(2)13-14-30-24(21-16-28-22-10-6-5-9-20(21)22)23(26(32)27(30)33)25(31)19-12-11-17-7-3-4-8-18(17)15-19/h5-6,9-12,15-16,24,28,31H,3-4,7-8,13-14H2,1-2H3/b25-23+. The Labute approximate surface area is 193 Å². The smallest absolute Gasteiger partial charge is 0.295 e. The van der Waals surface area contributed by atoms with Crippen molar-refractivity contribution in [2.24, 2.45) is 0 Å². The van der Waals surface area contributed by atoms with E-state index in [2.05, 4.69) is 4.98 Å². The molecule has 33 heavy (non-hydrogen) atoms. The van der Waals surface area contributed by atoms with Crippen molar-refractivity contribution in [1.29, 1.82) is 0 Å². The Bertz CT molecular complexity index is 1270. The quantitative estimate of drug-likeness (QED) is 0.355. The molecule has 0 saturated carbocycles. The lowest BCUT2D eigenvalue weighted by Crippen LogP contribution is -2.35. The number of likely N-dealkylation sites (tertiary alicyclic amines) is 1. The van der Waals surface area contributed by atoms with Crippen LogP contribution in [0.3, 0.4) is 0 Å². The van der Waals surface area contributed by atoms with Crippen LogP contribution in [0.2, 0.25) is 0 Å². The predicted octanol–water partition coefficient (Wildman–Crippen LogP) is 4.03. The molecule has 1 fully saturated rings. The fourth-order valence-corrected chi connectivity index (χ4v) is 5.10. The summed E-state index contributed by atoms with van der Waals surface area (Å²) in [6, 6.07) is 13.1. The summed E-state index contributed by atoms with van der Waals surface area (Å²) in [5, 5.41) is 12.3. The van der Waals surface area contributed by atoms with Crippen molar-refractivity contribution in [2.75, 3.05) is 27.2 Å². The highest BCUT2D eigenvalue weighted by Crippen LogP contribution is 2.42. The summed E-state index contributed by atoms with van der Waals surface area (Å²) in [6.45, 7) is 1.01. The van der Waals surface area contributed by atoms with Gasteiger partial charge in [0.05, 0.1) is 11.6 Å². The van der Waals surface area contributed by atoms with Gasteiger partial charge in [-0.15, -0.1) is 0 Å². The van der Waals surface area contributed by atoms with Gasteiger partial charge < -0.3 is 19.9 Å². The molecular formula is C27H29N3O3. The maximum Gasteiger partial charge on any atom is 0.295 e. The van der Waals surface area contributed by atoms with Gasteiger partial charge in [-0.1, -0.05) is 30.3 Å². The number of hydrogen-bond acceptors (Lipinski definition) is 4.